The molecule has 0 fully saturated rings. The number of carbonyl (C=O) groups excluding carboxylic acids is 2. The number of hydrogen-bond donors (Lipinski definition) is 2. The summed E-state index contributed by atoms with van der Waals surface area (Å²) in [5, 5.41) is 5.78. The van der Waals surface area contributed by atoms with Crippen molar-refractivity contribution >= 4 is 33.7 Å². The largest absolute Gasteiger partial charge is 0.355 e. The van der Waals surface area contributed by atoms with Gasteiger partial charge >= 0.3 is 0 Å². The zero-order valence-corrected chi connectivity index (χ0v) is 23.0. The molecule has 1 aliphatic rings. The summed E-state index contributed by atoms with van der Waals surface area (Å²) in [4.78, 5) is 45.4. The molecule has 0 unspecified atom stereocenters. The Kier molecular flexibility index (Phi) is 7.96. The Bertz CT molecular complexity index is 1440. The molecule has 0 bridgehead atoms. The van der Waals surface area contributed by atoms with E-state index in [1.807, 2.05) is 20.8 Å². The lowest BCUT2D eigenvalue weighted by Gasteiger charge is -2.35. The number of carbonyl (C=O) groups is 2. The van der Waals surface area contributed by atoms with Crippen LogP contribution in [0.1, 0.15) is 64.7 Å². The Morgan fingerprint density at radius 3 is 2.34 bits per heavy atom. The number of halogens is 3. The fraction of sp³-hybridized carbons (Fsp3) is 0.333. The van der Waals surface area contributed by atoms with Gasteiger partial charge in [0.25, 0.3) is 23.8 Å². The van der Waals surface area contributed by atoms with Gasteiger partial charge in [-0.2, -0.15) is 0 Å². The van der Waals surface area contributed by atoms with Gasteiger partial charge in [-0.1, -0.05) is 22.0 Å². The van der Waals surface area contributed by atoms with Crippen molar-refractivity contribution < 1.29 is 18.4 Å². The third-order valence-corrected chi connectivity index (χ3v) is 7.08. The van der Waals surface area contributed by atoms with Crippen molar-refractivity contribution in [3.63, 3.8) is 0 Å². The van der Waals surface area contributed by atoms with E-state index in [-0.39, 0.29) is 58.0 Å². The fourth-order valence-electron chi connectivity index (χ4n) is 4.43. The zero-order chi connectivity index (χ0) is 27.7. The second-order valence-electron chi connectivity index (χ2n) is 9.45. The van der Waals surface area contributed by atoms with Gasteiger partial charge in [0.1, 0.15) is 0 Å². The maximum atomic E-state index is 13.8. The molecule has 200 valence electrons. The highest BCUT2D eigenvalue weighted by molar-refractivity contribution is 9.10. The molecule has 1 atom stereocenters. The minimum absolute atomic E-state index is 0.0395. The van der Waals surface area contributed by atoms with Crippen molar-refractivity contribution in [2.24, 2.45) is 0 Å². The molecule has 0 saturated carbocycles. The van der Waals surface area contributed by atoms with Crippen LogP contribution in [0.3, 0.4) is 0 Å². The summed E-state index contributed by atoms with van der Waals surface area (Å²) < 4.78 is 27.9. The van der Waals surface area contributed by atoms with Crippen molar-refractivity contribution in [3.05, 3.63) is 85.2 Å². The molecule has 4 rings (SSSR count). The number of amides is 2. The Morgan fingerprint density at radius 1 is 1.11 bits per heavy atom. The van der Waals surface area contributed by atoms with E-state index in [4.69, 9.17) is 4.98 Å². The van der Waals surface area contributed by atoms with Crippen LogP contribution in [0, 0.1) is 0 Å². The monoisotopic (exact) mass is 587 g/mol. The predicted octanol–water partition coefficient (Wildman–Crippen LogP) is 4.70. The predicted molar refractivity (Wildman–Crippen MR) is 144 cm³/mol. The Balaban J connectivity index is 1.73. The van der Waals surface area contributed by atoms with E-state index in [1.54, 1.807) is 36.2 Å². The second kappa shape index (κ2) is 11.0. The highest BCUT2D eigenvalue weighted by Crippen LogP contribution is 2.30. The van der Waals surface area contributed by atoms with Crippen LogP contribution in [-0.4, -0.2) is 45.4 Å². The van der Waals surface area contributed by atoms with E-state index in [0.717, 1.165) is 0 Å². The highest BCUT2D eigenvalue weighted by Gasteiger charge is 2.32. The van der Waals surface area contributed by atoms with Gasteiger partial charge < -0.3 is 15.5 Å². The lowest BCUT2D eigenvalue weighted by atomic mass is 9.98. The molecule has 2 N–H and O–H groups in total. The Labute approximate surface area is 227 Å². The smallest absolute Gasteiger partial charge is 0.264 e. The maximum Gasteiger partial charge on any atom is 0.264 e. The van der Waals surface area contributed by atoms with Gasteiger partial charge in [0.2, 0.25) is 5.95 Å². The van der Waals surface area contributed by atoms with Gasteiger partial charge in [0.15, 0.2) is 0 Å². The van der Waals surface area contributed by atoms with E-state index in [2.05, 4.69) is 26.6 Å². The molecule has 8 nitrogen and oxygen atoms in total. The first-order valence-corrected chi connectivity index (χ1v) is 12.9. The number of benzene rings is 2. The van der Waals surface area contributed by atoms with Crippen molar-refractivity contribution in [1.82, 2.24) is 19.8 Å². The van der Waals surface area contributed by atoms with Crippen LogP contribution in [0.5, 0.6) is 0 Å². The van der Waals surface area contributed by atoms with Crippen LogP contribution in [0.25, 0.3) is 5.69 Å². The molecular weight excluding hydrogens is 560 g/mol. The standard InChI is InChI=1S/C27H28BrF2N5O3/c1-14(2)32-27-33-22-13-34(25(37)17-7-10-19(23(29)30)21(28)12-17)15(3)11-20(22)26(38)35(27)18-8-5-16(6-9-18)24(36)31-4/h5-10,12,14-15,23H,11,13H2,1-4H3,(H,31,36)(H,32,33)/t15-/m1/s1. The average Bonchev–Trinajstić information content (AvgIpc) is 2.87. The van der Waals surface area contributed by atoms with Crippen LogP contribution in [0.2, 0.25) is 0 Å². The number of rotatable bonds is 6. The molecule has 2 amide bonds. The van der Waals surface area contributed by atoms with Crippen LogP contribution >= 0.6 is 15.9 Å². The van der Waals surface area contributed by atoms with Crippen molar-refractivity contribution in [2.75, 3.05) is 12.4 Å². The van der Waals surface area contributed by atoms with Crippen molar-refractivity contribution in [3.8, 4) is 5.69 Å². The number of hydrogen-bond acceptors (Lipinski definition) is 5. The topological polar surface area (TPSA) is 96.3 Å². The molecule has 1 aliphatic heterocycles. The molecule has 38 heavy (non-hydrogen) atoms. The average molecular weight is 588 g/mol. The minimum Gasteiger partial charge on any atom is -0.355 e. The number of nitrogens with one attached hydrogen (secondary N) is 2. The summed E-state index contributed by atoms with van der Waals surface area (Å²) in [6, 6.07) is 10.3. The van der Waals surface area contributed by atoms with Gasteiger partial charge in [-0.15, -0.1) is 0 Å². The summed E-state index contributed by atoms with van der Waals surface area (Å²) >= 11 is 3.13. The summed E-state index contributed by atoms with van der Waals surface area (Å²) in [6.45, 7) is 5.78. The Morgan fingerprint density at radius 2 is 1.76 bits per heavy atom. The second-order valence-corrected chi connectivity index (χ2v) is 10.3. The molecule has 1 aromatic heterocycles. The molecule has 0 spiro atoms. The van der Waals surface area contributed by atoms with Crippen molar-refractivity contribution in [1.29, 1.82) is 0 Å². The zero-order valence-electron chi connectivity index (χ0n) is 21.4. The molecule has 0 radical (unpaired) electrons. The molecule has 2 aromatic carbocycles. The number of aromatic nitrogens is 2. The third-order valence-electron chi connectivity index (χ3n) is 6.39. The van der Waals surface area contributed by atoms with Crippen LogP contribution in [0.4, 0.5) is 14.7 Å². The molecular formula is C27H28BrF2N5O3. The van der Waals surface area contributed by atoms with Gasteiger partial charge in [-0.05, 0) is 63.6 Å². The SMILES string of the molecule is CNC(=O)c1ccc(-n2c(NC(C)C)nc3c(c2=O)C[C@@H](C)N(C(=O)c2ccc(C(F)F)c(Br)c2)C3)cc1. The van der Waals surface area contributed by atoms with Crippen LogP contribution in [0.15, 0.2) is 51.7 Å². The first kappa shape index (κ1) is 27.4. The third kappa shape index (κ3) is 5.33. The first-order chi connectivity index (χ1) is 18.0. The van der Waals surface area contributed by atoms with Gasteiger partial charge in [-0.3, -0.25) is 14.4 Å². The molecule has 0 aliphatic carbocycles. The summed E-state index contributed by atoms with van der Waals surface area (Å²) in [6.07, 6.45) is -2.38. The van der Waals surface area contributed by atoms with E-state index < -0.39 is 6.43 Å². The number of nitrogens with zero attached hydrogens (tertiary/aromatic N) is 3. The fourth-order valence-corrected chi connectivity index (χ4v) is 4.99. The summed E-state index contributed by atoms with van der Waals surface area (Å²) in [7, 11) is 1.55. The number of alkyl halides is 2. The molecule has 3 aromatic rings. The highest BCUT2D eigenvalue weighted by atomic mass is 79.9. The van der Waals surface area contributed by atoms with E-state index >= 15 is 0 Å². The van der Waals surface area contributed by atoms with Gasteiger partial charge in [0.05, 0.1) is 17.9 Å². The van der Waals surface area contributed by atoms with Crippen LogP contribution in [-0.2, 0) is 13.0 Å². The van der Waals surface area contributed by atoms with Crippen molar-refractivity contribution in [2.45, 2.75) is 52.2 Å². The van der Waals surface area contributed by atoms with E-state index in [0.29, 0.717) is 28.5 Å². The van der Waals surface area contributed by atoms with Gasteiger partial charge in [0, 0.05) is 45.9 Å². The quantitative estimate of drug-likeness (QED) is 0.436. The summed E-state index contributed by atoms with van der Waals surface area (Å²) in [5.74, 6) is -0.247. The first-order valence-electron chi connectivity index (χ1n) is 12.1. The normalized spacial score (nSPS) is 15.0. The van der Waals surface area contributed by atoms with Gasteiger partial charge in [-0.25, -0.2) is 18.3 Å². The molecule has 11 heteroatoms. The lowest BCUT2D eigenvalue weighted by Crippen LogP contribution is -2.46. The molecule has 2 heterocycles. The maximum absolute atomic E-state index is 13.8. The minimum atomic E-state index is -2.66. The van der Waals surface area contributed by atoms with Crippen LogP contribution < -0.4 is 16.2 Å². The number of fused-ring (bicyclic) bond motifs is 1. The number of anilines is 1. The Hall–Kier alpha value is -3.60. The lowest BCUT2D eigenvalue weighted by molar-refractivity contribution is 0.0652. The van der Waals surface area contributed by atoms with E-state index in [1.165, 1.54) is 22.8 Å². The summed E-state index contributed by atoms with van der Waals surface area (Å²) in [5.41, 5.74) is 1.82. The van der Waals surface area contributed by atoms with E-state index in [9.17, 15) is 23.2 Å². The molecule has 0 saturated heterocycles.